The molecule has 2 aromatic carbocycles. The quantitative estimate of drug-likeness (QED) is 0.381. The molecule has 0 radical (unpaired) electrons. The molecule has 1 N–H and O–H groups in total. The van der Waals surface area contributed by atoms with Crippen molar-refractivity contribution in [3.05, 3.63) is 48.5 Å². The highest BCUT2D eigenvalue weighted by Gasteiger charge is 2.05. The van der Waals surface area contributed by atoms with Crippen LogP contribution in [0.15, 0.2) is 48.5 Å². The predicted octanol–water partition coefficient (Wildman–Crippen LogP) is 7.36. The van der Waals surface area contributed by atoms with Crippen LogP contribution in [0.25, 0.3) is 11.1 Å². The van der Waals surface area contributed by atoms with Crippen LogP contribution in [-0.4, -0.2) is 11.7 Å². The molecule has 0 bridgehead atoms. The minimum atomic E-state index is 0.275. The second-order valence-electron chi connectivity index (χ2n) is 7.08. The molecule has 0 aromatic heterocycles. The van der Waals surface area contributed by atoms with E-state index in [1.807, 2.05) is 42.5 Å². The molecular formula is C24H34O2. The van der Waals surface area contributed by atoms with Crippen molar-refractivity contribution >= 4 is 0 Å². The minimum Gasteiger partial charge on any atom is -0.507 e. The Hall–Kier alpha value is -1.96. The lowest BCUT2D eigenvalue weighted by atomic mass is 10.0. The first-order valence-corrected chi connectivity index (χ1v) is 10.3. The topological polar surface area (TPSA) is 29.5 Å². The van der Waals surface area contributed by atoms with Gasteiger partial charge in [-0.25, -0.2) is 0 Å². The summed E-state index contributed by atoms with van der Waals surface area (Å²) in [5.74, 6) is 1.02. The Kier molecular flexibility index (Phi) is 9.71. The number of unbranched alkanes of at least 4 members (excludes halogenated alkanes) is 9. The maximum atomic E-state index is 10.2. The Morgan fingerprint density at radius 1 is 0.731 bits per heavy atom. The third-order valence-electron chi connectivity index (χ3n) is 4.82. The van der Waals surface area contributed by atoms with E-state index in [1.165, 1.54) is 57.8 Å². The Balaban J connectivity index is 1.58. The van der Waals surface area contributed by atoms with E-state index in [4.69, 9.17) is 4.74 Å². The summed E-state index contributed by atoms with van der Waals surface area (Å²) in [5.41, 5.74) is 1.86. The van der Waals surface area contributed by atoms with Crippen molar-refractivity contribution in [1.29, 1.82) is 0 Å². The van der Waals surface area contributed by atoms with Crippen molar-refractivity contribution in [3.63, 3.8) is 0 Å². The Bertz CT molecular complexity index is 607. The molecule has 26 heavy (non-hydrogen) atoms. The fraction of sp³-hybridized carbons (Fsp3) is 0.500. The van der Waals surface area contributed by atoms with Crippen LogP contribution in [0.2, 0.25) is 0 Å². The molecule has 0 fully saturated rings. The second kappa shape index (κ2) is 12.4. The molecular weight excluding hydrogens is 320 g/mol. The van der Waals surface area contributed by atoms with Crippen molar-refractivity contribution in [1.82, 2.24) is 0 Å². The molecule has 0 amide bonds. The lowest BCUT2D eigenvalue weighted by Gasteiger charge is -2.09. The summed E-state index contributed by atoms with van der Waals surface area (Å²) < 4.78 is 5.79. The highest BCUT2D eigenvalue weighted by molar-refractivity contribution is 5.70. The van der Waals surface area contributed by atoms with E-state index in [0.29, 0.717) is 0 Å². The van der Waals surface area contributed by atoms with Gasteiger partial charge in [-0.05, 0) is 24.1 Å². The highest BCUT2D eigenvalue weighted by atomic mass is 16.5. The number of benzene rings is 2. The van der Waals surface area contributed by atoms with E-state index in [1.54, 1.807) is 6.07 Å². The van der Waals surface area contributed by atoms with E-state index in [-0.39, 0.29) is 5.75 Å². The molecule has 0 saturated carbocycles. The zero-order valence-electron chi connectivity index (χ0n) is 16.3. The SMILES string of the molecule is CCCCCCCCCCCCOc1ccc(-c2ccccc2)c(O)c1. The molecule has 0 aliphatic heterocycles. The predicted molar refractivity (Wildman–Crippen MR) is 111 cm³/mol. The van der Waals surface area contributed by atoms with E-state index < -0.39 is 0 Å². The zero-order valence-corrected chi connectivity index (χ0v) is 16.3. The molecule has 0 atom stereocenters. The van der Waals surface area contributed by atoms with E-state index in [9.17, 15) is 5.11 Å². The second-order valence-corrected chi connectivity index (χ2v) is 7.08. The van der Waals surface area contributed by atoms with Crippen LogP contribution in [0.3, 0.4) is 0 Å². The smallest absolute Gasteiger partial charge is 0.127 e. The van der Waals surface area contributed by atoms with Crippen LogP contribution >= 0.6 is 0 Å². The summed E-state index contributed by atoms with van der Waals surface area (Å²) >= 11 is 0. The molecule has 0 unspecified atom stereocenters. The number of phenols is 1. The molecule has 142 valence electrons. The maximum absolute atomic E-state index is 10.2. The average molecular weight is 355 g/mol. The zero-order chi connectivity index (χ0) is 18.5. The number of hydrogen-bond donors (Lipinski definition) is 1. The van der Waals surface area contributed by atoms with Crippen molar-refractivity contribution in [2.75, 3.05) is 6.61 Å². The molecule has 2 rings (SSSR count). The monoisotopic (exact) mass is 354 g/mol. The summed E-state index contributed by atoms with van der Waals surface area (Å²) in [5, 5.41) is 10.2. The van der Waals surface area contributed by atoms with Gasteiger partial charge in [0.05, 0.1) is 6.61 Å². The summed E-state index contributed by atoms with van der Waals surface area (Å²) in [7, 11) is 0. The maximum Gasteiger partial charge on any atom is 0.127 e. The molecule has 2 nitrogen and oxygen atoms in total. The van der Waals surface area contributed by atoms with Gasteiger partial charge in [-0.2, -0.15) is 0 Å². The van der Waals surface area contributed by atoms with Gasteiger partial charge in [0.25, 0.3) is 0 Å². The van der Waals surface area contributed by atoms with Gasteiger partial charge in [0.1, 0.15) is 11.5 Å². The van der Waals surface area contributed by atoms with Gasteiger partial charge < -0.3 is 9.84 Å². The Morgan fingerprint density at radius 3 is 1.96 bits per heavy atom. The van der Waals surface area contributed by atoms with Crippen LogP contribution in [0, 0.1) is 0 Å². The van der Waals surface area contributed by atoms with Crippen LogP contribution in [0.4, 0.5) is 0 Å². The van der Waals surface area contributed by atoms with Crippen LogP contribution in [0.1, 0.15) is 71.1 Å². The summed E-state index contributed by atoms with van der Waals surface area (Å²) in [6, 6.07) is 15.5. The number of ether oxygens (including phenoxy) is 1. The standard InChI is InChI=1S/C24H34O2/c1-2-3-4-5-6-7-8-9-10-14-19-26-22-17-18-23(24(25)20-22)21-15-12-11-13-16-21/h11-13,15-18,20,25H,2-10,14,19H2,1H3. The van der Waals surface area contributed by atoms with E-state index >= 15 is 0 Å². The van der Waals surface area contributed by atoms with Gasteiger partial charge in [-0.15, -0.1) is 0 Å². The normalized spacial score (nSPS) is 10.8. The van der Waals surface area contributed by atoms with Crippen molar-refractivity contribution in [2.45, 2.75) is 71.1 Å². The Labute approximate surface area is 159 Å². The van der Waals surface area contributed by atoms with Crippen molar-refractivity contribution in [2.24, 2.45) is 0 Å². The lowest BCUT2D eigenvalue weighted by Crippen LogP contribution is -1.97. The lowest BCUT2D eigenvalue weighted by molar-refractivity contribution is 0.302. The summed E-state index contributed by atoms with van der Waals surface area (Å²) in [6.45, 7) is 2.99. The first-order chi connectivity index (χ1) is 12.8. The van der Waals surface area contributed by atoms with Gasteiger partial charge in [-0.1, -0.05) is 95.0 Å². The van der Waals surface area contributed by atoms with E-state index in [2.05, 4.69) is 6.92 Å². The molecule has 0 spiro atoms. The number of aromatic hydroxyl groups is 1. The van der Waals surface area contributed by atoms with Crippen LogP contribution in [-0.2, 0) is 0 Å². The highest BCUT2D eigenvalue weighted by Crippen LogP contribution is 2.32. The van der Waals surface area contributed by atoms with Crippen molar-refractivity contribution in [3.8, 4) is 22.6 Å². The van der Waals surface area contributed by atoms with Crippen LogP contribution < -0.4 is 4.74 Å². The minimum absolute atomic E-state index is 0.275. The molecule has 2 heteroatoms. The first-order valence-electron chi connectivity index (χ1n) is 10.3. The number of hydrogen-bond acceptors (Lipinski definition) is 2. The fourth-order valence-electron chi connectivity index (χ4n) is 3.24. The number of phenolic OH excluding ortho intramolecular Hbond substituents is 1. The van der Waals surface area contributed by atoms with Gasteiger partial charge in [0, 0.05) is 11.6 Å². The van der Waals surface area contributed by atoms with Gasteiger partial charge in [0.15, 0.2) is 0 Å². The van der Waals surface area contributed by atoms with Gasteiger partial charge in [-0.3, -0.25) is 0 Å². The number of rotatable bonds is 13. The van der Waals surface area contributed by atoms with E-state index in [0.717, 1.165) is 29.9 Å². The fourth-order valence-corrected chi connectivity index (χ4v) is 3.24. The first kappa shape index (κ1) is 20.4. The third kappa shape index (κ3) is 7.51. The largest absolute Gasteiger partial charge is 0.507 e. The molecule has 0 saturated heterocycles. The third-order valence-corrected chi connectivity index (χ3v) is 4.82. The molecule has 0 heterocycles. The summed E-state index contributed by atoms with van der Waals surface area (Å²) in [6.07, 6.45) is 13.2. The molecule has 2 aromatic rings. The average Bonchev–Trinajstić information content (AvgIpc) is 2.67. The molecule has 0 aliphatic carbocycles. The molecule has 0 aliphatic rings. The summed E-state index contributed by atoms with van der Waals surface area (Å²) in [4.78, 5) is 0. The van der Waals surface area contributed by atoms with Crippen LogP contribution in [0.5, 0.6) is 11.5 Å². The van der Waals surface area contributed by atoms with Crippen molar-refractivity contribution < 1.29 is 9.84 Å². The Morgan fingerprint density at radius 2 is 1.35 bits per heavy atom. The van der Waals surface area contributed by atoms with Gasteiger partial charge >= 0.3 is 0 Å². The van der Waals surface area contributed by atoms with Gasteiger partial charge in [0.2, 0.25) is 0 Å².